The summed E-state index contributed by atoms with van der Waals surface area (Å²) in [7, 11) is 3.86. The Bertz CT molecular complexity index is 2260. The Kier molecular flexibility index (Phi) is 17.4. The molecule has 6 N–H and O–H groups in total. The van der Waals surface area contributed by atoms with Gasteiger partial charge in [-0.2, -0.15) is 10.1 Å². The summed E-state index contributed by atoms with van der Waals surface area (Å²) < 4.78 is 6.99. The lowest BCUT2D eigenvalue weighted by Crippen LogP contribution is -2.14. The lowest BCUT2D eigenvalue weighted by molar-refractivity contribution is 0.0984. The largest absolute Gasteiger partial charge is 0.383 e. The van der Waals surface area contributed by atoms with E-state index in [-0.39, 0.29) is 29.4 Å². The molecular formula is C40H60N18O3. The van der Waals surface area contributed by atoms with Gasteiger partial charge in [0, 0.05) is 50.0 Å². The maximum atomic E-state index is 10.8. The molecule has 0 saturated carbocycles. The maximum Gasteiger partial charge on any atom is 0.288 e. The summed E-state index contributed by atoms with van der Waals surface area (Å²) in [5.41, 5.74) is 21.7. The van der Waals surface area contributed by atoms with E-state index in [4.69, 9.17) is 17.2 Å². The topological polar surface area (TPSA) is 281 Å². The Morgan fingerprint density at radius 3 is 1.85 bits per heavy atom. The predicted molar refractivity (Wildman–Crippen MR) is 233 cm³/mol. The number of nitrogens with two attached hydrogens (primary N) is 3. The number of carbonyl (C=O) groups excluding carboxylic acids is 3. The SMILES string of the molecule is CC(=O)c1cnn(C(C)C)c1.CC(C)C1=CCc2c(N)ncnc21.CC(C)n1cc(C(N)=O)nn1.CC(C)n1cnc(C(N)=O)n1.CC(C)n1cnc2cnc(N(C)C)nc21. The number of amides is 2. The van der Waals surface area contributed by atoms with E-state index >= 15 is 0 Å². The van der Waals surface area contributed by atoms with Crippen LogP contribution in [-0.2, 0) is 6.42 Å². The lowest BCUT2D eigenvalue weighted by Gasteiger charge is -2.11. The number of fused-ring (bicyclic) bond motifs is 2. The quantitative estimate of drug-likeness (QED) is 0.166. The number of allylic oxidation sites excluding steroid dienone is 2. The summed E-state index contributed by atoms with van der Waals surface area (Å²) in [6.07, 6.45) is 14.6. The van der Waals surface area contributed by atoms with Crippen molar-refractivity contribution in [1.29, 1.82) is 0 Å². The third-order valence-electron chi connectivity index (χ3n) is 8.75. The number of imidazole rings is 1. The monoisotopic (exact) mass is 841 g/mol. The van der Waals surface area contributed by atoms with E-state index in [1.807, 2.05) is 71.4 Å². The number of rotatable bonds is 9. The van der Waals surface area contributed by atoms with Crippen molar-refractivity contribution in [3.8, 4) is 0 Å². The maximum absolute atomic E-state index is 10.8. The van der Waals surface area contributed by atoms with Crippen LogP contribution in [0.1, 0.15) is 143 Å². The highest BCUT2D eigenvalue weighted by molar-refractivity contribution is 5.93. The van der Waals surface area contributed by atoms with Crippen LogP contribution in [-0.4, -0.2) is 101 Å². The Morgan fingerprint density at radius 1 is 0.754 bits per heavy atom. The Labute approximate surface area is 355 Å². The van der Waals surface area contributed by atoms with Crippen molar-refractivity contribution < 1.29 is 14.4 Å². The molecule has 0 radical (unpaired) electrons. The first-order chi connectivity index (χ1) is 28.6. The van der Waals surface area contributed by atoms with E-state index < -0.39 is 11.8 Å². The average molecular weight is 841 g/mol. The number of Topliss-reactive ketones (excluding diaryl/α,β-unsaturated/α-hetero) is 1. The molecule has 0 unspecified atom stereocenters. The number of hydrogen-bond acceptors (Lipinski definition) is 15. The fraction of sp³-hybridized carbons (Fsp3) is 0.475. The van der Waals surface area contributed by atoms with E-state index in [1.165, 1.54) is 24.4 Å². The van der Waals surface area contributed by atoms with E-state index in [0.29, 0.717) is 35.3 Å². The first kappa shape index (κ1) is 48.4. The van der Waals surface area contributed by atoms with Gasteiger partial charge in [0.1, 0.15) is 24.0 Å². The van der Waals surface area contributed by atoms with Crippen molar-refractivity contribution in [3.05, 3.63) is 78.2 Å². The van der Waals surface area contributed by atoms with Gasteiger partial charge in [-0.1, -0.05) is 25.1 Å². The van der Waals surface area contributed by atoms with Crippen LogP contribution in [0.3, 0.4) is 0 Å². The van der Waals surface area contributed by atoms with Crippen LogP contribution in [0.25, 0.3) is 16.7 Å². The van der Waals surface area contributed by atoms with Crippen LogP contribution in [0.15, 0.2) is 49.8 Å². The third-order valence-corrected chi connectivity index (χ3v) is 8.75. The van der Waals surface area contributed by atoms with Crippen molar-refractivity contribution in [2.24, 2.45) is 17.4 Å². The van der Waals surface area contributed by atoms with Gasteiger partial charge >= 0.3 is 0 Å². The minimum absolute atomic E-state index is 0.0666. The molecule has 0 atom stereocenters. The molecule has 6 aromatic heterocycles. The summed E-state index contributed by atoms with van der Waals surface area (Å²) in [5.74, 6) is 0.842. The highest BCUT2D eigenvalue weighted by Crippen LogP contribution is 2.32. The Hall–Kier alpha value is -6.93. The van der Waals surface area contributed by atoms with Gasteiger partial charge in [-0.3, -0.25) is 19.1 Å². The van der Waals surface area contributed by atoms with Crippen molar-refractivity contribution in [2.75, 3.05) is 24.7 Å². The molecule has 0 saturated heterocycles. The second-order valence-electron chi connectivity index (χ2n) is 15.5. The van der Waals surface area contributed by atoms with E-state index in [9.17, 15) is 14.4 Å². The predicted octanol–water partition coefficient (Wildman–Crippen LogP) is 4.71. The van der Waals surface area contributed by atoms with Gasteiger partial charge in [-0.05, 0) is 80.2 Å². The van der Waals surface area contributed by atoms with Crippen LogP contribution in [0, 0.1) is 5.92 Å². The summed E-state index contributed by atoms with van der Waals surface area (Å²) in [6, 6.07) is 1.09. The van der Waals surface area contributed by atoms with Crippen molar-refractivity contribution in [3.63, 3.8) is 0 Å². The molecule has 6 aromatic rings. The second kappa shape index (κ2) is 21.9. The fourth-order valence-corrected chi connectivity index (χ4v) is 5.19. The first-order valence-corrected chi connectivity index (χ1v) is 19.8. The summed E-state index contributed by atoms with van der Waals surface area (Å²) in [6.45, 7) is 21.9. The number of nitrogens with zero attached hydrogens (tertiary/aromatic N) is 15. The zero-order chi connectivity index (χ0) is 45.7. The number of primary amides is 2. The van der Waals surface area contributed by atoms with Crippen LogP contribution in [0.5, 0.6) is 0 Å². The average Bonchev–Trinajstić information content (AvgIpc) is 4.04. The highest BCUT2D eigenvalue weighted by atomic mass is 16.2. The molecule has 0 spiro atoms. The molecule has 0 aliphatic heterocycles. The molecule has 61 heavy (non-hydrogen) atoms. The molecule has 21 nitrogen and oxygen atoms in total. The standard InChI is InChI=1S/C10H15N5.C10H13N3.C8H12N2O.2C6H10N4O/c1-7(2)15-6-12-8-5-11-10(14(3)4)13-9(8)15;1-6(2)7-3-4-8-9(7)12-5-13-10(8)11;1-6(2)10-5-8(4-9-10)7(3)11;1-4(2)10-3-8-6(9-10)5(7)11;1-4(2)10-3-5(6(7)11)8-9-10/h5-7H,1-4H3;3,5-6H,4H2,1-2H3,(H2,11,12,13);4-6H,1-3H3;2*3-4H,1-2H3,(H2,7,11). The van der Waals surface area contributed by atoms with E-state index in [2.05, 4.69) is 84.2 Å². The molecule has 21 heteroatoms. The van der Waals surface area contributed by atoms with Gasteiger partial charge < -0.3 is 26.7 Å². The third kappa shape index (κ3) is 13.5. The van der Waals surface area contributed by atoms with Crippen molar-refractivity contribution in [2.45, 2.75) is 107 Å². The number of aromatic nitrogens is 14. The van der Waals surface area contributed by atoms with Gasteiger partial charge in [0.15, 0.2) is 17.1 Å². The zero-order valence-corrected chi connectivity index (χ0v) is 37.4. The molecule has 328 valence electrons. The number of hydrogen-bond donors (Lipinski definition) is 3. The van der Waals surface area contributed by atoms with E-state index in [1.54, 1.807) is 39.6 Å². The van der Waals surface area contributed by atoms with Crippen LogP contribution in [0.2, 0.25) is 0 Å². The molecule has 2 amide bonds. The minimum atomic E-state index is -0.593. The normalized spacial score (nSPS) is 11.5. The summed E-state index contributed by atoms with van der Waals surface area (Å²) in [5, 5.41) is 15.2. The second-order valence-corrected chi connectivity index (χ2v) is 15.5. The highest BCUT2D eigenvalue weighted by Gasteiger charge is 2.20. The molecule has 0 fully saturated rings. The number of anilines is 2. The van der Waals surface area contributed by atoms with Crippen LogP contribution >= 0.6 is 0 Å². The lowest BCUT2D eigenvalue weighted by atomic mass is 10.0. The van der Waals surface area contributed by atoms with Gasteiger partial charge in [0.25, 0.3) is 11.8 Å². The molecule has 7 rings (SSSR count). The number of ketones is 1. The van der Waals surface area contributed by atoms with Crippen molar-refractivity contribution in [1.82, 2.24) is 69.0 Å². The summed E-state index contributed by atoms with van der Waals surface area (Å²) >= 11 is 0. The van der Waals surface area contributed by atoms with E-state index in [0.717, 1.165) is 28.8 Å². The molecule has 0 aromatic carbocycles. The smallest absolute Gasteiger partial charge is 0.288 e. The van der Waals surface area contributed by atoms with Gasteiger partial charge in [0.05, 0.1) is 36.2 Å². The number of carbonyl (C=O) groups is 3. The first-order valence-electron chi connectivity index (χ1n) is 19.8. The Morgan fingerprint density at radius 2 is 1.41 bits per heavy atom. The van der Waals surface area contributed by atoms with Crippen molar-refractivity contribution >= 4 is 46.1 Å². The molecule has 6 heterocycles. The molecular weight excluding hydrogens is 781 g/mol. The molecule has 1 aliphatic rings. The molecule has 0 bridgehead atoms. The Balaban J connectivity index is 0.000000205. The van der Waals surface area contributed by atoms with Gasteiger partial charge in [-0.15, -0.1) is 10.2 Å². The fourth-order valence-electron chi connectivity index (χ4n) is 5.19. The number of nitrogen functional groups attached to an aromatic ring is 1. The minimum Gasteiger partial charge on any atom is -0.383 e. The zero-order valence-electron chi connectivity index (χ0n) is 37.4. The molecule has 1 aliphatic carbocycles. The van der Waals surface area contributed by atoms with Crippen LogP contribution < -0.4 is 22.1 Å². The van der Waals surface area contributed by atoms with Gasteiger partial charge in [-0.25, -0.2) is 34.3 Å². The van der Waals surface area contributed by atoms with Crippen LogP contribution in [0.4, 0.5) is 11.8 Å². The summed E-state index contributed by atoms with van der Waals surface area (Å²) in [4.78, 5) is 58.7. The van der Waals surface area contributed by atoms with Gasteiger partial charge in [0.2, 0.25) is 11.8 Å².